The van der Waals surface area contributed by atoms with Crippen LogP contribution in [0.15, 0.2) is 47.5 Å². The van der Waals surface area contributed by atoms with Gasteiger partial charge < -0.3 is 10.1 Å². The van der Waals surface area contributed by atoms with Crippen LogP contribution in [0, 0.1) is 20.8 Å². The molecule has 0 aliphatic heterocycles. The monoisotopic (exact) mass is 394 g/mol. The van der Waals surface area contributed by atoms with Gasteiger partial charge in [-0.2, -0.15) is 0 Å². The summed E-state index contributed by atoms with van der Waals surface area (Å²) < 4.78 is 5.56. The van der Waals surface area contributed by atoms with E-state index < -0.39 is 0 Å². The van der Waals surface area contributed by atoms with Crippen molar-refractivity contribution in [3.8, 4) is 5.75 Å². The van der Waals surface area contributed by atoms with Crippen LogP contribution >= 0.6 is 11.8 Å². The van der Waals surface area contributed by atoms with Gasteiger partial charge in [0.1, 0.15) is 5.75 Å². The van der Waals surface area contributed by atoms with Gasteiger partial charge in [0.25, 0.3) is 0 Å². The number of aryl methyl sites for hydroxylation is 3. The van der Waals surface area contributed by atoms with Crippen molar-refractivity contribution in [2.75, 3.05) is 17.7 Å². The molecule has 4 nitrogen and oxygen atoms in total. The second kappa shape index (κ2) is 9.11. The third-order valence-electron chi connectivity index (χ3n) is 4.47. The molecule has 0 unspecified atom stereocenters. The predicted octanol–water partition coefficient (Wildman–Crippen LogP) is 5.68. The Kier molecular flexibility index (Phi) is 6.57. The fourth-order valence-electron chi connectivity index (χ4n) is 3.20. The number of para-hydroxylation sites is 2. The number of nitrogens with zero attached hydrogens (tertiary/aromatic N) is 1. The maximum atomic E-state index is 12.3. The molecule has 0 radical (unpaired) electrons. The Balaban J connectivity index is 1.63. The minimum absolute atomic E-state index is 0.0241. The van der Waals surface area contributed by atoms with Crippen LogP contribution in [0.1, 0.15) is 30.0 Å². The minimum Gasteiger partial charge on any atom is -0.492 e. The lowest BCUT2D eigenvalue weighted by molar-refractivity contribution is -0.115. The van der Waals surface area contributed by atoms with Gasteiger partial charge >= 0.3 is 0 Å². The van der Waals surface area contributed by atoms with Gasteiger partial charge in [-0.15, -0.1) is 11.8 Å². The summed E-state index contributed by atoms with van der Waals surface area (Å²) in [7, 11) is 0. The number of carbonyl (C=O) groups is 1. The van der Waals surface area contributed by atoms with Gasteiger partial charge in [0, 0.05) is 17.6 Å². The average Bonchev–Trinajstić information content (AvgIpc) is 2.64. The first-order valence-electron chi connectivity index (χ1n) is 9.51. The molecule has 1 aromatic heterocycles. The summed E-state index contributed by atoms with van der Waals surface area (Å²) in [6, 6.07) is 13.9. The zero-order chi connectivity index (χ0) is 20.1. The van der Waals surface area contributed by atoms with Crippen molar-refractivity contribution < 1.29 is 9.53 Å². The van der Waals surface area contributed by atoms with Gasteiger partial charge in [0.05, 0.1) is 22.8 Å². The Morgan fingerprint density at radius 3 is 2.68 bits per heavy atom. The van der Waals surface area contributed by atoms with Crippen LogP contribution < -0.4 is 10.1 Å². The number of rotatable bonds is 7. The molecule has 0 spiro atoms. The van der Waals surface area contributed by atoms with E-state index in [1.807, 2.05) is 31.2 Å². The number of ether oxygens (including phenoxy) is 1. The van der Waals surface area contributed by atoms with E-state index in [4.69, 9.17) is 9.72 Å². The van der Waals surface area contributed by atoms with Crippen molar-refractivity contribution in [2.24, 2.45) is 0 Å². The lowest BCUT2D eigenvalue weighted by atomic mass is 10.0. The summed E-state index contributed by atoms with van der Waals surface area (Å²) in [4.78, 5) is 17.1. The van der Waals surface area contributed by atoms with Crippen molar-refractivity contribution in [2.45, 2.75) is 39.1 Å². The van der Waals surface area contributed by atoms with E-state index in [-0.39, 0.29) is 5.91 Å². The van der Waals surface area contributed by atoms with Gasteiger partial charge in [-0.25, -0.2) is 4.98 Å². The first-order valence-corrected chi connectivity index (χ1v) is 10.5. The molecule has 5 heteroatoms. The Morgan fingerprint density at radius 2 is 1.89 bits per heavy atom. The third-order valence-corrected chi connectivity index (χ3v) is 5.38. The number of amides is 1. The molecule has 1 heterocycles. The smallest absolute Gasteiger partial charge is 0.225 e. The largest absolute Gasteiger partial charge is 0.492 e. The van der Waals surface area contributed by atoms with Gasteiger partial charge in [0.15, 0.2) is 0 Å². The summed E-state index contributed by atoms with van der Waals surface area (Å²) in [5, 5.41) is 5.10. The van der Waals surface area contributed by atoms with Gasteiger partial charge in [0.2, 0.25) is 5.91 Å². The first kappa shape index (κ1) is 20.2. The molecule has 2 aromatic carbocycles. The van der Waals surface area contributed by atoms with Crippen molar-refractivity contribution >= 4 is 34.3 Å². The lowest BCUT2D eigenvalue weighted by Gasteiger charge is -2.11. The molecule has 1 amide bonds. The Hall–Kier alpha value is -2.53. The first-order chi connectivity index (χ1) is 13.5. The molecule has 3 aromatic rings. The van der Waals surface area contributed by atoms with E-state index >= 15 is 0 Å². The lowest BCUT2D eigenvalue weighted by Crippen LogP contribution is -2.13. The molecule has 0 fully saturated rings. The van der Waals surface area contributed by atoms with Crippen LogP contribution in [0.4, 0.5) is 5.69 Å². The van der Waals surface area contributed by atoms with Gasteiger partial charge in [-0.05, 0) is 63.1 Å². The fourth-order valence-corrected chi connectivity index (χ4v) is 4.11. The number of hydrogen-bond acceptors (Lipinski definition) is 4. The SMILES string of the molecule is CCOc1ccccc1NC(=O)CCSc1cc(C)c2cc(C)cc(C)c2n1. The van der Waals surface area contributed by atoms with Crippen molar-refractivity contribution in [3.63, 3.8) is 0 Å². The van der Waals surface area contributed by atoms with Crippen molar-refractivity contribution in [1.29, 1.82) is 0 Å². The number of aromatic nitrogens is 1. The van der Waals surface area contributed by atoms with Crippen LogP contribution in [-0.2, 0) is 4.79 Å². The molecule has 0 saturated heterocycles. The topological polar surface area (TPSA) is 51.2 Å². The molecule has 3 rings (SSSR count). The van der Waals surface area contributed by atoms with E-state index in [0.717, 1.165) is 10.5 Å². The number of pyridine rings is 1. The van der Waals surface area contributed by atoms with Gasteiger partial charge in [-0.1, -0.05) is 23.8 Å². The van der Waals surface area contributed by atoms with Crippen LogP contribution in [0.3, 0.4) is 0 Å². The van der Waals surface area contributed by atoms with Crippen molar-refractivity contribution in [3.05, 3.63) is 59.2 Å². The van der Waals surface area contributed by atoms with E-state index in [2.05, 4.69) is 44.3 Å². The number of nitrogens with one attached hydrogen (secondary N) is 1. The number of benzene rings is 2. The zero-order valence-electron chi connectivity index (χ0n) is 16.8. The highest BCUT2D eigenvalue weighted by atomic mass is 32.2. The summed E-state index contributed by atoms with van der Waals surface area (Å²) in [5.74, 6) is 1.35. The third kappa shape index (κ3) is 4.84. The molecule has 0 saturated carbocycles. The highest BCUT2D eigenvalue weighted by Crippen LogP contribution is 2.28. The zero-order valence-corrected chi connectivity index (χ0v) is 17.7. The molecular weight excluding hydrogens is 368 g/mol. The second-order valence-electron chi connectivity index (χ2n) is 6.83. The number of hydrogen-bond donors (Lipinski definition) is 1. The number of carbonyl (C=O) groups excluding carboxylic acids is 1. The second-order valence-corrected chi connectivity index (χ2v) is 7.95. The summed E-state index contributed by atoms with van der Waals surface area (Å²) >= 11 is 1.61. The number of thioether (sulfide) groups is 1. The molecule has 0 bridgehead atoms. The molecule has 1 N–H and O–H groups in total. The highest BCUT2D eigenvalue weighted by molar-refractivity contribution is 7.99. The van der Waals surface area contributed by atoms with Crippen LogP contribution in [-0.4, -0.2) is 23.3 Å². The normalized spacial score (nSPS) is 10.9. The summed E-state index contributed by atoms with van der Waals surface area (Å²) in [6.07, 6.45) is 0.413. The minimum atomic E-state index is -0.0241. The Labute approximate surface area is 170 Å². The van der Waals surface area contributed by atoms with Crippen molar-refractivity contribution in [1.82, 2.24) is 4.98 Å². The quantitative estimate of drug-likeness (QED) is 0.524. The van der Waals surface area contributed by atoms with Crippen LogP contribution in [0.2, 0.25) is 0 Å². The average molecular weight is 395 g/mol. The molecule has 146 valence electrons. The van der Waals surface area contributed by atoms with Crippen LogP contribution in [0.25, 0.3) is 10.9 Å². The van der Waals surface area contributed by atoms with Gasteiger partial charge in [-0.3, -0.25) is 4.79 Å². The summed E-state index contributed by atoms with van der Waals surface area (Å²) in [5.41, 5.74) is 5.41. The van der Waals surface area contributed by atoms with E-state index in [1.165, 1.54) is 22.1 Å². The Morgan fingerprint density at radius 1 is 1.11 bits per heavy atom. The standard InChI is InChI=1S/C23H26N2O2S/c1-5-27-20-9-7-6-8-19(20)24-21(26)10-11-28-22-14-16(3)18-13-15(2)12-17(4)23(18)25-22/h6-9,12-14H,5,10-11H2,1-4H3,(H,24,26). The van der Waals surface area contributed by atoms with E-state index in [1.54, 1.807) is 11.8 Å². The van der Waals surface area contributed by atoms with Crippen LogP contribution in [0.5, 0.6) is 5.75 Å². The molecule has 28 heavy (non-hydrogen) atoms. The molecule has 0 aliphatic carbocycles. The number of anilines is 1. The summed E-state index contributed by atoms with van der Waals surface area (Å²) in [6.45, 7) is 8.81. The maximum Gasteiger partial charge on any atom is 0.225 e. The molecule has 0 atom stereocenters. The fraction of sp³-hybridized carbons (Fsp3) is 0.304. The Bertz CT molecular complexity index is 1000. The molecular formula is C23H26N2O2S. The predicted molar refractivity (Wildman–Crippen MR) is 118 cm³/mol. The van der Waals surface area contributed by atoms with E-state index in [9.17, 15) is 4.79 Å². The highest BCUT2D eigenvalue weighted by Gasteiger charge is 2.10. The van der Waals surface area contributed by atoms with E-state index in [0.29, 0.717) is 30.2 Å². The maximum absolute atomic E-state index is 12.3. The number of fused-ring (bicyclic) bond motifs is 1. The molecule has 0 aliphatic rings.